The number of thiophene rings is 1. The molecule has 2 nitrogen and oxygen atoms in total. The van der Waals surface area contributed by atoms with Crippen molar-refractivity contribution in [3.8, 4) is 5.75 Å². The summed E-state index contributed by atoms with van der Waals surface area (Å²) in [6.07, 6.45) is 0.816. The first-order chi connectivity index (χ1) is 9.88. The summed E-state index contributed by atoms with van der Waals surface area (Å²) in [6, 6.07) is 18.6. The van der Waals surface area contributed by atoms with E-state index in [-0.39, 0.29) is 6.10 Å². The first kappa shape index (κ1) is 13.2. The highest BCUT2D eigenvalue weighted by Gasteiger charge is 2.14. The van der Waals surface area contributed by atoms with Crippen molar-refractivity contribution in [3.63, 3.8) is 0 Å². The van der Waals surface area contributed by atoms with E-state index < -0.39 is 0 Å². The van der Waals surface area contributed by atoms with Crippen molar-refractivity contribution >= 4 is 21.4 Å². The van der Waals surface area contributed by atoms with E-state index in [2.05, 4.69) is 29.6 Å². The molecule has 0 aliphatic rings. The minimum atomic E-state index is 0.00620. The lowest BCUT2D eigenvalue weighted by molar-refractivity contribution is 0.200. The molecule has 102 valence electrons. The third kappa shape index (κ3) is 2.69. The van der Waals surface area contributed by atoms with Gasteiger partial charge in [-0.1, -0.05) is 36.4 Å². The second kappa shape index (κ2) is 6.07. The standard InChI is InChI=1S/C17H17NOS/c18-11-9-15(13-5-2-1-3-6-13)19-16-7-4-8-17-14(16)10-12-20-17/h1-8,10,12,15H,9,11,18H2. The second-order valence-corrected chi connectivity index (χ2v) is 5.63. The molecule has 2 N–H and O–H groups in total. The molecule has 0 bridgehead atoms. The lowest BCUT2D eigenvalue weighted by atomic mass is 10.1. The zero-order valence-corrected chi connectivity index (χ0v) is 12.0. The van der Waals surface area contributed by atoms with Gasteiger partial charge in [-0.15, -0.1) is 11.3 Å². The molecule has 3 aromatic rings. The monoisotopic (exact) mass is 283 g/mol. The summed E-state index contributed by atoms with van der Waals surface area (Å²) in [7, 11) is 0. The van der Waals surface area contributed by atoms with Gasteiger partial charge in [0, 0.05) is 16.5 Å². The average molecular weight is 283 g/mol. The van der Waals surface area contributed by atoms with Crippen molar-refractivity contribution in [2.24, 2.45) is 5.73 Å². The van der Waals surface area contributed by atoms with Gasteiger partial charge in [-0.25, -0.2) is 0 Å². The Bertz CT molecular complexity index is 678. The third-order valence-electron chi connectivity index (χ3n) is 3.33. The smallest absolute Gasteiger partial charge is 0.128 e. The van der Waals surface area contributed by atoms with Crippen molar-refractivity contribution in [1.82, 2.24) is 0 Å². The summed E-state index contributed by atoms with van der Waals surface area (Å²) in [5, 5.41) is 3.27. The van der Waals surface area contributed by atoms with E-state index >= 15 is 0 Å². The topological polar surface area (TPSA) is 35.2 Å². The Balaban J connectivity index is 1.92. The van der Waals surface area contributed by atoms with E-state index in [0.29, 0.717) is 6.54 Å². The van der Waals surface area contributed by atoms with E-state index in [4.69, 9.17) is 10.5 Å². The van der Waals surface area contributed by atoms with Crippen LogP contribution >= 0.6 is 11.3 Å². The molecule has 3 heteroatoms. The maximum atomic E-state index is 6.24. The quantitative estimate of drug-likeness (QED) is 0.754. The van der Waals surface area contributed by atoms with Crippen LogP contribution < -0.4 is 10.5 Å². The molecule has 0 aliphatic carbocycles. The predicted octanol–water partition coefficient (Wildman–Crippen LogP) is 4.37. The zero-order valence-electron chi connectivity index (χ0n) is 11.2. The van der Waals surface area contributed by atoms with Crippen molar-refractivity contribution in [2.75, 3.05) is 6.54 Å². The molecule has 0 saturated carbocycles. The van der Waals surface area contributed by atoms with Crippen LogP contribution in [0.15, 0.2) is 60.0 Å². The van der Waals surface area contributed by atoms with Crippen LogP contribution in [0.5, 0.6) is 5.75 Å². The van der Waals surface area contributed by atoms with Gasteiger partial charge in [0.25, 0.3) is 0 Å². The summed E-state index contributed by atoms with van der Waals surface area (Å²) in [5.74, 6) is 0.936. The van der Waals surface area contributed by atoms with Crippen LogP contribution in [-0.2, 0) is 0 Å². The number of hydrogen-bond acceptors (Lipinski definition) is 3. The maximum Gasteiger partial charge on any atom is 0.128 e. The van der Waals surface area contributed by atoms with Gasteiger partial charge in [-0.2, -0.15) is 0 Å². The fourth-order valence-corrected chi connectivity index (χ4v) is 3.14. The Morgan fingerprint density at radius 3 is 2.65 bits per heavy atom. The van der Waals surface area contributed by atoms with Crippen molar-refractivity contribution in [3.05, 3.63) is 65.5 Å². The van der Waals surface area contributed by atoms with Gasteiger partial charge in [0.15, 0.2) is 0 Å². The van der Waals surface area contributed by atoms with Crippen LogP contribution in [0.2, 0.25) is 0 Å². The normalized spacial score (nSPS) is 12.4. The molecule has 0 fully saturated rings. The van der Waals surface area contributed by atoms with Crippen LogP contribution in [-0.4, -0.2) is 6.54 Å². The highest BCUT2D eigenvalue weighted by Crippen LogP contribution is 2.33. The molecule has 3 rings (SSSR count). The van der Waals surface area contributed by atoms with Gasteiger partial charge in [0.2, 0.25) is 0 Å². The number of hydrogen-bond donors (Lipinski definition) is 1. The number of nitrogens with two attached hydrogens (primary N) is 1. The van der Waals surface area contributed by atoms with Gasteiger partial charge < -0.3 is 10.5 Å². The fourth-order valence-electron chi connectivity index (χ4n) is 2.34. The SMILES string of the molecule is NCCC(Oc1cccc2sccc12)c1ccccc1. The molecular weight excluding hydrogens is 266 g/mol. The second-order valence-electron chi connectivity index (χ2n) is 4.68. The zero-order chi connectivity index (χ0) is 13.8. The number of rotatable bonds is 5. The predicted molar refractivity (Wildman–Crippen MR) is 85.3 cm³/mol. The molecular formula is C17H17NOS. The Morgan fingerprint density at radius 2 is 1.85 bits per heavy atom. The van der Waals surface area contributed by atoms with Crippen LogP contribution in [0.1, 0.15) is 18.1 Å². The van der Waals surface area contributed by atoms with Gasteiger partial charge in [0.1, 0.15) is 11.9 Å². The molecule has 0 amide bonds. The summed E-state index contributed by atoms with van der Waals surface area (Å²) < 4.78 is 7.49. The fraction of sp³-hybridized carbons (Fsp3) is 0.176. The Morgan fingerprint density at radius 1 is 1.00 bits per heavy atom. The lowest BCUT2D eigenvalue weighted by Gasteiger charge is -2.19. The van der Waals surface area contributed by atoms with E-state index in [1.54, 1.807) is 11.3 Å². The molecule has 0 spiro atoms. The minimum Gasteiger partial charge on any atom is -0.485 e. The molecule has 1 atom stereocenters. The van der Waals surface area contributed by atoms with Gasteiger partial charge in [-0.3, -0.25) is 0 Å². The minimum absolute atomic E-state index is 0.00620. The van der Waals surface area contributed by atoms with Crippen LogP contribution in [0.25, 0.3) is 10.1 Å². The Kier molecular flexibility index (Phi) is 4.00. The largest absolute Gasteiger partial charge is 0.485 e. The molecule has 20 heavy (non-hydrogen) atoms. The summed E-state index contributed by atoms with van der Waals surface area (Å²) >= 11 is 1.73. The van der Waals surface area contributed by atoms with Crippen molar-refractivity contribution in [1.29, 1.82) is 0 Å². The first-order valence-electron chi connectivity index (χ1n) is 6.76. The highest BCUT2D eigenvalue weighted by molar-refractivity contribution is 7.17. The molecule has 1 heterocycles. The van der Waals surface area contributed by atoms with E-state index in [9.17, 15) is 0 Å². The van der Waals surface area contributed by atoms with Crippen LogP contribution in [0, 0.1) is 0 Å². The first-order valence-corrected chi connectivity index (χ1v) is 7.64. The average Bonchev–Trinajstić information content (AvgIpc) is 2.97. The molecule has 1 aromatic heterocycles. The van der Waals surface area contributed by atoms with E-state index in [1.807, 2.05) is 30.3 Å². The van der Waals surface area contributed by atoms with Crippen LogP contribution in [0.4, 0.5) is 0 Å². The molecule has 0 radical (unpaired) electrons. The van der Waals surface area contributed by atoms with Crippen molar-refractivity contribution in [2.45, 2.75) is 12.5 Å². The third-order valence-corrected chi connectivity index (χ3v) is 4.21. The van der Waals surface area contributed by atoms with E-state index in [0.717, 1.165) is 12.2 Å². The summed E-state index contributed by atoms with van der Waals surface area (Å²) in [4.78, 5) is 0. The number of benzene rings is 2. The highest BCUT2D eigenvalue weighted by atomic mass is 32.1. The Hall–Kier alpha value is -1.84. The summed E-state index contributed by atoms with van der Waals surface area (Å²) in [5.41, 5.74) is 6.91. The van der Waals surface area contributed by atoms with Gasteiger partial charge in [-0.05, 0) is 35.7 Å². The van der Waals surface area contributed by atoms with E-state index in [1.165, 1.54) is 15.6 Å². The van der Waals surface area contributed by atoms with Crippen molar-refractivity contribution < 1.29 is 4.74 Å². The summed E-state index contributed by atoms with van der Waals surface area (Å²) in [6.45, 7) is 0.610. The molecule has 0 saturated heterocycles. The lowest BCUT2D eigenvalue weighted by Crippen LogP contribution is -2.13. The number of fused-ring (bicyclic) bond motifs is 1. The van der Waals surface area contributed by atoms with Gasteiger partial charge >= 0.3 is 0 Å². The molecule has 0 aliphatic heterocycles. The Labute approximate surface area is 122 Å². The maximum absolute atomic E-state index is 6.24. The van der Waals surface area contributed by atoms with Crippen LogP contribution in [0.3, 0.4) is 0 Å². The number of ether oxygens (including phenoxy) is 1. The molecule has 2 aromatic carbocycles. The molecule has 1 unspecified atom stereocenters. The van der Waals surface area contributed by atoms with Gasteiger partial charge in [0.05, 0.1) is 0 Å².